The maximum Gasteiger partial charge on any atom is 0.227 e. The van der Waals surface area contributed by atoms with Gasteiger partial charge in [-0.25, -0.2) is 4.98 Å². The van der Waals surface area contributed by atoms with E-state index in [0.717, 1.165) is 55.4 Å². The molecule has 0 radical (unpaired) electrons. The minimum atomic E-state index is -0.189. The third kappa shape index (κ3) is 3.36. The summed E-state index contributed by atoms with van der Waals surface area (Å²) in [5.41, 5.74) is 2.09. The maximum absolute atomic E-state index is 9.66. The fourth-order valence-electron chi connectivity index (χ4n) is 2.89. The highest BCUT2D eigenvalue weighted by atomic mass is 32.1. The van der Waals surface area contributed by atoms with E-state index in [9.17, 15) is 5.11 Å². The Kier molecular flexibility index (Phi) is 4.42. The average Bonchev–Trinajstić information content (AvgIpc) is 3.10. The Labute approximate surface area is 129 Å². The van der Waals surface area contributed by atoms with E-state index in [1.165, 1.54) is 0 Å². The molecule has 4 nitrogen and oxygen atoms in total. The molecule has 0 aliphatic carbocycles. The average molecular weight is 306 g/mol. The summed E-state index contributed by atoms with van der Waals surface area (Å²) in [5.74, 6) is 2.08. The van der Waals surface area contributed by atoms with Gasteiger partial charge in [-0.05, 0) is 57.1 Å². The number of hydrogen-bond donors (Lipinski definition) is 1. The molecule has 2 aromatic rings. The van der Waals surface area contributed by atoms with Crippen LogP contribution in [0.5, 0.6) is 0 Å². The van der Waals surface area contributed by atoms with Gasteiger partial charge in [0.2, 0.25) is 5.89 Å². The van der Waals surface area contributed by atoms with Crippen molar-refractivity contribution < 1.29 is 9.52 Å². The van der Waals surface area contributed by atoms with Gasteiger partial charge in [-0.15, -0.1) is 0 Å². The molecule has 1 fully saturated rings. The molecule has 1 aliphatic rings. The minimum Gasteiger partial charge on any atom is -0.441 e. The first-order chi connectivity index (χ1) is 10.1. The summed E-state index contributed by atoms with van der Waals surface area (Å²) in [6, 6.07) is 2.04. The minimum absolute atomic E-state index is 0.189. The van der Waals surface area contributed by atoms with Gasteiger partial charge in [0.1, 0.15) is 5.76 Å². The van der Waals surface area contributed by atoms with Crippen molar-refractivity contribution in [1.82, 2.24) is 9.88 Å². The highest BCUT2D eigenvalue weighted by Gasteiger charge is 2.24. The number of likely N-dealkylation sites (tertiary alicyclic amines) is 1. The van der Waals surface area contributed by atoms with Crippen LogP contribution in [0.3, 0.4) is 0 Å². The molecule has 2 aromatic heterocycles. The molecule has 3 heterocycles. The SMILES string of the molecule is Cc1oc(-c2ccsc2)nc1CN1CCC(C(C)O)CC1. The van der Waals surface area contributed by atoms with Crippen LogP contribution >= 0.6 is 11.3 Å². The van der Waals surface area contributed by atoms with Crippen LogP contribution in [-0.4, -0.2) is 34.2 Å². The molecule has 0 saturated carbocycles. The summed E-state index contributed by atoms with van der Waals surface area (Å²) in [5, 5.41) is 13.8. The number of thiophene rings is 1. The van der Waals surface area contributed by atoms with Gasteiger partial charge in [0.25, 0.3) is 0 Å². The van der Waals surface area contributed by atoms with Gasteiger partial charge in [0.15, 0.2) is 0 Å². The molecule has 1 aliphatic heterocycles. The number of nitrogens with zero attached hydrogens (tertiary/aromatic N) is 2. The van der Waals surface area contributed by atoms with E-state index in [4.69, 9.17) is 4.42 Å². The summed E-state index contributed by atoms with van der Waals surface area (Å²) >= 11 is 1.65. The molecule has 1 N–H and O–H groups in total. The van der Waals surface area contributed by atoms with Gasteiger partial charge in [0, 0.05) is 17.5 Å². The van der Waals surface area contributed by atoms with Crippen LogP contribution < -0.4 is 0 Å². The largest absolute Gasteiger partial charge is 0.441 e. The van der Waals surface area contributed by atoms with Crippen LogP contribution in [0.4, 0.5) is 0 Å². The van der Waals surface area contributed by atoms with Crippen molar-refractivity contribution in [3.8, 4) is 11.5 Å². The first-order valence-corrected chi connectivity index (χ1v) is 8.47. The molecule has 3 rings (SSSR count). The quantitative estimate of drug-likeness (QED) is 0.941. The lowest BCUT2D eigenvalue weighted by atomic mass is 9.92. The number of aryl methyl sites for hydroxylation is 1. The Morgan fingerprint density at radius 2 is 2.24 bits per heavy atom. The van der Waals surface area contributed by atoms with Crippen molar-refractivity contribution in [1.29, 1.82) is 0 Å². The standard InChI is InChI=1S/C16H22N2O2S/c1-11(19)13-3-6-18(7-4-13)9-15-12(2)20-16(17-15)14-5-8-21-10-14/h5,8,10-11,13,19H,3-4,6-7,9H2,1-2H3. The highest BCUT2D eigenvalue weighted by molar-refractivity contribution is 7.08. The monoisotopic (exact) mass is 306 g/mol. The molecular formula is C16H22N2O2S. The van der Waals surface area contributed by atoms with Crippen LogP contribution in [0.25, 0.3) is 11.5 Å². The second kappa shape index (κ2) is 6.30. The van der Waals surface area contributed by atoms with Gasteiger partial charge in [0.05, 0.1) is 11.8 Å². The van der Waals surface area contributed by atoms with Gasteiger partial charge < -0.3 is 9.52 Å². The molecular weight excluding hydrogens is 284 g/mol. The Morgan fingerprint density at radius 1 is 1.48 bits per heavy atom. The summed E-state index contributed by atoms with van der Waals surface area (Å²) in [7, 11) is 0. The fraction of sp³-hybridized carbons (Fsp3) is 0.562. The van der Waals surface area contributed by atoms with E-state index in [0.29, 0.717) is 5.92 Å². The third-order valence-electron chi connectivity index (χ3n) is 4.35. The second-order valence-electron chi connectivity index (χ2n) is 5.89. The predicted molar refractivity (Wildman–Crippen MR) is 84.2 cm³/mol. The molecule has 0 aromatic carbocycles. The van der Waals surface area contributed by atoms with E-state index in [1.54, 1.807) is 11.3 Å². The molecule has 114 valence electrons. The van der Waals surface area contributed by atoms with E-state index in [2.05, 4.69) is 15.3 Å². The summed E-state index contributed by atoms with van der Waals surface area (Å²) in [6.07, 6.45) is 1.93. The van der Waals surface area contributed by atoms with Crippen LogP contribution in [0.2, 0.25) is 0 Å². The Morgan fingerprint density at radius 3 is 2.86 bits per heavy atom. The highest BCUT2D eigenvalue weighted by Crippen LogP contribution is 2.26. The molecule has 1 saturated heterocycles. The van der Waals surface area contributed by atoms with Crippen molar-refractivity contribution >= 4 is 11.3 Å². The number of aromatic nitrogens is 1. The second-order valence-corrected chi connectivity index (χ2v) is 6.67. The van der Waals surface area contributed by atoms with Crippen molar-refractivity contribution in [2.45, 2.75) is 39.3 Å². The number of rotatable bonds is 4. The smallest absolute Gasteiger partial charge is 0.227 e. The van der Waals surface area contributed by atoms with Crippen LogP contribution in [0.15, 0.2) is 21.2 Å². The number of aliphatic hydroxyl groups is 1. The van der Waals surface area contributed by atoms with E-state index < -0.39 is 0 Å². The van der Waals surface area contributed by atoms with Gasteiger partial charge >= 0.3 is 0 Å². The van der Waals surface area contributed by atoms with Gasteiger partial charge in [-0.2, -0.15) is 11.3 Å². The lowest BCUT2D eigenvalue weighted by Crippen LogP contribution is -2.36. The van der Waals surface area contributed by atoms with Crippen molar-refractivity contribution in [3.63, 3.8) is 0 Å². The number of oxazole rings is 1. The zero-order valence-electron chi connectivity index (χ0n) is 12.6. The molecule has 1 atom stereocenters. The molecule has 0 spiro atoms. The zero-order valence-corrected chi connectivity index (χ0v) is 13.4. The zero-order chi connectivity index (χ0) is 14.8. The van der Waals surface area contributed by atoms with E-state index in [-0.39, 0.29) is 6.10 Å². The topological polar surface area (TPSA) is 49.5 Å². The lowest BCUT2D eigenvalue weighted by Gasteiger charge is -2.32. The maximum atomic E-state index is 9.66. The number of hydrogen-bond acceptors (Lipinski definition) is 5. The number of aliphatic hydroxyl groups excluding tert-OH is 1. The summed E-state index contributed by atoms with van der Waals surface area (Å²) in [6.45, 7) is 6.77. The van der Waals surface area contributed by atoms with Crippen LogP contribution in [-0.2, 0) is 6.54 Å². The predicted octanol–water partition coefficient (Wildman–Crippen LogP) is 3.30. The first kappa shape index (κ1) is 14.8. The van der Waals surface area contributed by atoms with Crippen molar-refractivity contribution in [3.05, 3.63) is 28.3 Å². The van der Waals surface area contributed by atoms with Crippen LogP contribution in [0, 0.1) is 12.8 Å². The number of piperidine rings is 1. The summed E-state index contributed by atoms with van der Waals surface area (Å²) in [4.78, 5) is 7.05. The molecule has 0 bridgehead atoms. The third-order valence-corrected chi connectivity index (χ3v) is 5.03. The molecule has 1 unspecified atom stereocenters. The molecule has 0 amide bonds. The fourth-order valence-corrected chi connectivity index (χ4v) is 3.52. The Bertz CT molecular complexity index is 569. The molecule has 21 heavy (non-hydrogen) atoms. The van der Waals surface area contributed by atoms with E-state index in [1.807, 2.05) is 25.3 Å². The van der Waals surface area contributed by atoms with Gasteiger partial charge in [-0.1, -0.05) is 0 Å². The van der Waals surface area contributed by atoms with Crippen molar-refractivity contribution in [2.75, 3.05) is 13.1 Å². The lowest BCUT2D eigenvalue weighted by molar-refractivity contribution is 0.0690. The van der Waals surface area contributed by atoms with E-state index >= 15 is 0 Å². The Balaban J connectivity index is 1.64. The molecule has 5 heteroatoms. The van der Waals surface area contributed by atoms with Gasteiger partial charge in [-0.3, -0.25) is 4.90 Å². The first-order valence-electron chi connectivity index (χ1n) is 7.53. The Hall–Kier alpha value is -1.17. The summed E-state index contributed by atoms with van der Waals surface area (Å²) < 4.78 is 5.79. The normalized spacial score (nSPS) is 19.0. The van der Waals surface area contributed by atoms with Crippen molar-refractivity contribution in [2.24, 2.45) is 5.92 Å². The van der Waals surface area contributed by atoms with Crippen LogP contribution in [0.1, 0.15) is 31.2 Å².